The van der Waals surface area contributed by atoms with Gasteiger partial charge in [-0.2, -0.15) is 10.5 Å². The minimum absolute atomic E-state index is 0.0302. The van der Waals surface area contributed by atoms with E-state index < -0.39 is 5.91 Å². The van der Waals surface area contributed by atoms with Crippen molar-refractivity contribution in [1.29, 1.82) is 5.26 Å². The first-order valence-corrected chi connectivity index (χ1v) is 10.4. The van der Waals surface area contributed by atoms with Crippen LogP contribution in [0.25, 0.3) is 22.4 Å². The van der Waals surface area contributed by atoms with Gasteiger partial charge >= 0.3 is 0 Å². The summed E-state index contributed by atoms with van der Waals surface area (Å²) < 4.78 is 5.30. The predicted molar refractivity (Wildman–Crippen MR) is 125 cm³/mol. The number of nitrogens with zero attached hydrogens (tertiary/aromatic N) is 5. The molecule has 0 atom stereocenters. The Labute approximate surface area is 197 Å². The zero-order valence-corrected chi connectivity index (χ0v) is 18.0. The summed E-state index contributed by atoms with van der Waals surface area (Å²) in [7, 11) is 0. The van der Waals surface area contributed by atoms with Crippen molar-refractivity contribution in [2.24, 2.45) is 0 Å². The summed E-state index contributed by atoms with van der Waals surface area (Å²) in [6.45, 7) is 0. The number of nitriles is 1. The number of carbonyl (C=O) groups is 2. The van der Waals surface area contributed by atoms with Gasteiger partial charge < -0.3 is 15.2 Å². The number of rotatable bonds is 6. The normalized spacial score (nSPS) is 10.6. The lowest BCUT2D eigenvalue weighted by molar-refractivity contribution is -0.115. The number of hydrogen-bond donors (Lipinski definition) is 3. The zero-order valence-electron chi connectivity index (χ0n) is 18.0. The van der Waals surface area contributed by atoms with E-state index in [1.807, 2.05) is 36.4 Å². The molecule has 0 aliphatic rings. The quantitative estimate of drug-likeness (QED) is 0.345. The molecule has 35 heavy (non-hydrogen) atoms. The maximum atomic E-state index is 13.1. The molecule has 11 heteroatoms. The monoisotopic (exact) mass is 464 g/mol. The Bertz CT molecular complexity index is 1570. The topological polar surface area (TPSA) is 162 Å². The SMILES string of the molecule is N#Cc1ccc(NC(=O)c2noc3ccc(NC(=O)Cc4ccccc4)cc23)c(-c2nn[nH]n2)c1. The first-order chi connectivity index (χ1) is 17.1. The standard InChI is InChI=1S/C24H16N8O3/c25-13-15-6-8-19(17(10-15)23-28-31-32-29-23)27-24(34)22-18-12-16(7-9-20(18)35-30-22)26-21(33)11-14-4-2-1-3-5-14/h1-10,12H,11H2,(H,26,33)(H,27,34)(H,28,29,31,32). The number of hydrogen-bond acceptors (Lipinski definition) is 8. The third-order valence-corrected chi connectivity index (χ3v) is 5.16. The Hall–Kier alpha value is -5.37. The van der Waals surface area contributed by atoms with Crippen LogP contribution in [0, 0.1) is 11.3 Å². The molecule has 5 aromatic rings. The van der Waals surface area contributed by atoms with E-state index in [0.29, 0.717) is 33.5 Å². The van der Waals surface area contributed by atoms with Crippen LogP contribution in [-0.2, 0) is 11.2 Å². The molecule has 0 bridgehead atoms. The van der Waals surface area contributed by atoms with E-state index in [1.165, 1.54) is 0 Å². The van der Waals surface area contributed by atoms with E-state index in [0.717, 1.165) is 5.56 Å². The minimum Gasteiger partial charge on any atom is -0.355 e. The van der Waals surface area contributed by atoms with E-state index in [4.69, 9.17) is 4.52 Å². The van der Waals surface area contributed by atoms with Gasteiger partial charge in [0.1, 0.15) is 0 Å². The van der Waals surface area contributed by atoms with Crippen molar-refractivity contribution in [3.8, 4) is 17.5 Å². The molecule has 0 aliphatic heterocycles. The van der Waals surface area contributed by atoms with Crippen LogP contribution in [0.15, 0.2) is 71.3 Å². The molecule has 2 amide bonds. The van der Waals surface area contributed by atoms with Gasteiger partial charge in [0.2, 0.25) is 11.7 Å². The molecule has 0 fully saturated rings. The van der Waals surface area contributed by atoms with E-state index in [2.05, 4.69) is 36.4 Å². The Kier molecular flexibility index (Phi) is 5.67. The van der Waals surface area contributed by atoms with Crippen LogP contribution in [0.5, 0.6) is 0 Å². The van der Waals surface area contributed by atoms with Gasteiger partial charge in [0, 0.05) is 11.3 Å². The summed E-state index contributed by atoms with van der Waals surface area (Å²) >= 11 is 0. The summed E-state index contributed by atoms with van der Waals surface area (Å²) in [6.07, 6.45) is 0.216. The predicted octanol–water partition coefficient (Wildman–Crippen LogP) is 3.31. The van der Waals surface area contributed by atoms with Crippen molar-refractivity contribution in [2.75, 3.05) is 10.6 Å². The molecular formula is C24H16N8O3. The lowest BCUT2D eigenvalue weighted by Crippen LogP contribution is -2.15. The number of amides is 2. The fraction of sp³-hybridized carbons (Fsp3) is 0.0417. The first-order valence-electron chi connectivity index (χ1n) is 10.4. The van der Waals surface area contributed by atoms with Crippen molar-refractivity contribution >= 4 is 34.2 Å². The van der Waals surface area contributed by atoms with Gasteiger partial charge in [0.15, 0.2) is 11.3 Å². The lowest BCUT2D eigenvalue weighted by Gasteiger charge is -2.08. The highest BCUT2D eigenvalue weighted by Gasteiger charge is 2.20. The highest BCUT2D eigenvalue weighted by molar-refractivity contribution is 6.12. The molecule has 2 heterocycles. The van der Waals surface area contributed by atoms with Crippen LogP contribution < -0.4 is 10.6 Å². The second-order valence-electron chi connectivity index (χ2n) is 7.51. The van der Waals surface area contributed by atoms with Gasteiger partial charge in [-0.1, -0.05) is 35.5 Å². The molecule has 0 saturated carbocycles. The average Bonchev–Trinajstić information content (AvgIpc) is 3.55. The van der Waals surface area contributed by atoms with E-state index in [9.17, 15) is 14.9 Å². The Balaban J connectivity index is 1.39. The summed E-state index contributed by atoms with van der Waals surface area (Å²) in [5, 5.41) is 32.9. The molecule has 0 saturated heterocycles. The van der Waals surface area contributed by atoms with Crippen molar-refractivity contribution < 1.29 is 14.1 Å². The van der Waals surface area contributed by atoms with Crippen molar-refractivity contribution in [1.82, 2.24) is 25.8 Å². The Morgan fingerprint density at radius 2 is 1.89 bits per heavy atom. The third-order valence-electron chi connectivity index (χ3n) is 5.16. The van der Waals surface area contributed by atoms with Gasteiger partial charge in [0.25, 0.3) is 5.91 Å². The second-order valence-corrected chi connectivity index (χ2v) is 7.51. The summed E-state index contributed by atoms with van der Waals surface area (Å²) in [6, 6.07) is 21.0. The average molecular weight is 464 g/mol. The Morgan fingerprint density at radius 1 is 1.03 bits per heavy atom. The van der Waals surface area contributed by atoms with Gasteiger partial charge in [-0.25, -0.2) is 0 Å². The van der Waals surface area contributed by atoms with Crippen LogP contribution in [-0.4, -0.2) is 37.6 Å². The number of fused-ring (bicyclic) bond motifs is 1. The van der Waals surface area contributed by atoms with Gasteiger partial charge in [-0.3, -0.25) is 9.59 Å². The van der Waals surface area contributed by atoms with Crippen LogP contribution in [0.4, 0.5) is 11.4 Å². The zero-order chi connectivity index (χ0) is 24.2. The highest BCUT2D eigenvalue weighted by Crippen LogP contribution is 2.28. The molecule has 2 aromatic heterocycles. The first kappa shape index (κ1) is 21.5. The lowest BCUT2D eigenvalue weighted by atomic mass is 10.1. The number of H-pyrrole nitrogens is 1. The molecule has 5 rings (SSSR count). The molecule has 0 radical (unpaired) electrons. The highest BCUT2D eigenvalue weighted by atomic mass is 16.5. The van der Waals surface area contributed by atoms with Crippen LogP contribution in [0.2, 0.25) is 0 Å². The number of tetrazole rings is 1. The van der Waals surface area contributed by atoms with Crippen molar-refractivity contribution in [3.05, 3.63) is 83.6 Å². The summed E-state index contributed by atoms with van der Waals surface area (Å²) in [5.74, 6) is -0.530. The van der Waals surface area contributed by atoms with E-state index in [1.54, 1.807) is 36.4 Å². The van der Waals surface area contributed by atoms with Gasteiger partial charge in [0.05, 0.1) is 29.1 Å². The van der Waals surface area contributed by atoms with E-state index in [-0.39, 0.29) is 23.8 Å². The fourth-order valence-corrected chi connectivity index (χ4v) is 3.53. The largest absolute Gasteiger partial charge is 0.355 e. The second kappa shape index (κ2) is 9.24. The number of benzene rings is 3. The maximum Gasteiger partial charge on any atom is 0.278 e. The summed E-state index contributed by atoms with van der Waals surface area (Å²) in [4.78, 5) is 25.5. The molecule has 0 unspecified atom stereocenters. The van der Waals surface area contributed by atoms with Crippen molar-refractivity contribution in [3.63, 3.8) is 0 Å². The van der Waals surface area contributed by atoms with Crippen molar-refractivity contribution in [2.45, 2.75) is 6.42 Å². The number of anilines is 2. The number of aromatic amines is 1. The molecule has 0 spiro atoms. The van der Waals surface area contributed by atoms with Gasteiger partial charge in [-0.15, -0.1) is 10.2 Å². The third kappa shape index (κ3) is 4.57. The molecule has 0 aliphatic carbocycles. The Morgan fingerprint density at radius 3 is 2.66 bits per heavy atom. The number of carbonyl (C=O) groups excluding carboxylic acids is 2. The number of nitrogens with one attached hydrogen (secondary N) is 3. The molecule has 170 valence electrons. The fourth-order valence-electron chi connectivity index (χ4n) is 3.53. The minimum atomic E-state index is -0.550. The smallest absolute Gasteiger partial charge is 0.278 e. The van der Waals surface area contributed by atoms with Crippen LogP contribution >= 0.6 is 0 Å². The van der Waals surface area contributed by atoms with Gasteiger partial charge in [-0.05, 0) is 47.2 Å². The van der Waals surface area contributed by atoms with Crippen LogP contribution in [0.1, 0.15) is 21.6 Å². The molecule has 11 nitrogen and oxygen atoms in total. The maximum absolute atomic E-state index is 13.1. The number of aromatic nitrogens is 5. The molecule has 3 N–H and O–H groups in total. The van der Waals surface area contributed by atoms with E-state index >= 15 is 0 Å². The molecule has 3 aromatic carbocycles. The summed E-state index contributed by atoms with van der Waals surface area (Å²) in [5.41, 5.74) is 2.94. The van der Waals surface area contributed by atoms with Crippen LogP contribution in [0.3, 0.4) is 0 Å². The molecular weight excluding hydrogens is 448 g/mol.